The summed E-state index contributed by atoms with van der Waals surface area (Å²) in [5.41, 5.74) is 6.10. The Kier molecular flexibility index (Phi) is 15.5. The number of piperazine rings is 1. The zero-order chi connectivity index (χ0) is 48.1. The zero-order valence-corrected chi connectivity index (χ0v) is 41.7. The van der Waals surface area contributed by atoms with Crippen LogP contribution in [-0.4, -0.2) is 157 Å². The first kappa shape index (κ1) is 49.0. The maximum Gasteiger partial charge on any atom is 0.234 e. The summed E-state index contributed by atoms with van der Waals surface area (Å²) < 4.78 is 37.4. The molecule has 0 aliphatic carbocycles. The minimum absolute atomic E-state index is 0.180. The highest BCUT2D eigenvalue weighted by Gasteiger charge is 2.32. The number of aromatic nitrogens is 2. The number of benzene rings is 3. The number of nitrogens with one attached hydrogen (secondary N) is 3. The van der Waals surface area contributed by atoms with Gasteiger partial charge in [-0.05, 0) is 80.6 Å². The molecule has 3 N–H and O–H groups in total. The average Bonchev–Trinajstić information content (AvgIpc) is 3.85. The van der Waals surface area contributed by atoms with Crippen LogP contribution in [0.5, 0.6) is 11.5 Å². The predicted molar refractivity (Wildman–Crippen MR) is 270 cm³/mol. The lowest BCUT2D eigenvalue weighted by Gasteiger charge is -2.44. The van der Waals surface area contributed by atoms with Crippen molar-refractivity contribution in [3.63, 3.8) is 0 Å². The highest BCUT2D eigenvalue weighted by atomic mass is 35.5. The summed E-state index contributed by atoms with van der Waals surface area (Å²) >= 11 is 6.57. The Balaban J connectivity index is 0.807. The number of hydrogen-bond donors (Lipinski definition) is 3. The Morgan fingerprint density at radius 2 is 1.60 bits per heavy atom. The fourth-order valence-corrected chi connectivity index (χ4v) is 10.6. The standard InChI is InChI=1S/C49H66ClN11O6S/c1-7-33-28-42(53-49-51-31-40(50)47(55-49)52-41-14-12-38(66-4)29-44(41)57(3)68(6,64)65)45(67-5)30-43(33)60-19-16-36(17-20-60)59-26-24-58(25-27-59)23-22-56(2)37-18-21-61(32-37)35-10-8-34(9-11-35)39-13-15-46(62)54-48(39)63/h8-12,14,28-31,36-37,39H,7,13,15-27,32H2,1-6H3,(H,54,62,63)(H2,51,52,53,55)/t37-,39?/m1/s1. The van der Waals surface area contributed by atoms with E-state index >= 15 is 0 Å². The highest BCUT2D eigenvalue weighted by Crippen LogP contribution is 2.39. The number of carbonyl (C=O) groups is 2. The molecule has 2 amide bonds. The van der Waals surface area contributed by atoms with E-state index in [4.69, 9.17) is 21.1 Å². The molecule has 4 aliphatic heterocycles. The molecule has 4 aliphatic rings. The molecule has 17 nitrogen and oxygen atoms in total. The summed E-state index contributed by atoms with van der Waals surface area (Å²) in [6.07, 6.45) is 7.77. The highest BCUT2D eigenvalue weighted by molar-refractivity contribution is 7.92. The van der Waals surface area contributed by atoms with Crippen molar-refractivity contribution in [2.24, 2.45) is 0 Å². The molecule has 4 fully saturated rings. The van der Waals surface area contributed by atoms with Gasteiger partial charge in [-0.2, -0.15) is 4.98 Å². The fraction of sp³-hybridized carbons (Fsp3) is 0.510. The number of ether oxygens (including phenoxy) is 2. The van der Waals surface area contributed by atoms with Crippen molar-refractivity contribution < 1.29 is 27.5 Å². The first-order chi connectivity index (χ1) is 32.7. The number of carbonyl (C=O) groups excluding carboxylic acids is 2. The summed E-state index contributed by atoms with van der Waals surface area (Å²) in [6, 6.07) is 18.7. The number of rotatable bonds is 17. The van der Waals surface area contributed by atoms with Crippen LogP contribution in [0.1, 0.15) is 56.1 Å². The second kappa shape index (κ2) is 21.5. The summed E-state index contributed by atoms with van der Waals surface area (Å²) in [5, 5.41) is 9.27. The van der Waals surface area contributed by atoms with E-state index in [9.17, 15) is 18.0 Å². The molecule has 8 rings (SSSR count). The largest absolute Gasteiger partial charge is 0.497 e. The molecule has 0 spiro atoms. The van der Waals surface area contributed by atoms with Crippen molar-refractivity contribution in [2.75, 3.05) is 125 Å². The van der Waals surface area contributed by atoms with E-state index in [1.54, 1.807) is 25.3 Å². The molecule has 4 saturated heterocycles. The Bertz CT molecular complexity index is 2540. The van der Waals surface area contributed by atoms with Crippen LogP contribution >= 0.6 is 11.6 Å². The minimum Gasteiger partial charge on any atom is -0.497 e. The maximum atomic E-state index is 12.5. The molecule has 2 atom stereocenters. The predicted octanol–water partition coefficient (Wildman–Crippen LogP) is 5.91. The zero-order valence-electron chi connectivity index (χ0n) is 40.1. The number of sulfonamides is 1. The lowest BCUT2D eigenvalue weighted by Crippen LogP contribution is -2.54. The second-order valence-corrected chi connectivity index (χ2v) is 20.8. The first-order valence-electron chi connectivity index (χ1n) is 23.7. The van der Waals surface area contributed by atoms with Crippen LogP contribution < -0.4 is 39.5 Å². The lowest BCUT2D eigenvalue weighted by atomic mass is 9.90. The van der Waals surface area contributed by atoms with Crippen molar-refractivity contribution in [2.45, 2.75) is 63.5 Å². The number of aryl methyl sites for hydroxylation is 1. The average molecular weight is 973 g/mol. The molecular weight excluding hydrogens is 906 g/mol. The van der Waals surface area contributed by atoms with Crippen molar-refractivity contribution in [1.82, 2.24) is 30.0 Å². The van der Waals surface area contributed by atoms with Gasteiger partial charge in [0.25, 0.3) is 0 Å². The van der Waals surface area contributed by atoms with E-state index in [0.717, 1.165) is 109 Å². The number of halogens is 1. The Morgan fingerprint density at radius 1 is 0.868 bits per heavy atom. The summed E-state index contributed by atoms with van der Waals surface area (Å²) in [5.74, 6) is 1.14. The molecule has 5 heterocycles. The number of piperidine rings is 2. The molecule has 1 aromatic heterocycles. The fourth-order valence-electron chi connectivity index (χ4n) is 9.98. The molecule has 68 heavy (non-hydrogen) atoms. The van der Waals surface area contributed by atoms with E-state index in [1.165, 1.54) is 41.6 Å². The molecule has 0 radical (unpaired) electrons. The molecule has 0 bridgehead atoms. The normalized spacial score (nSPS) is 19.9. The van der Waals surface area contributed by atoms with Gasteiger partial charge in [0, 0.05) is 115 Å². The van der Waals surface area contributed by atoms with Crippen LogP contribution in [0, 0.1) is 0 Å². The van der Waals surface area contributed by atoms with Gasteiger partial charge in [0.15, 0.2) is 5.82 Å². The van der Waals surface area contributed by atoms with E-state index in [1.807, 2.05) is 0 Å². The third-order valence-corrected chi connectivity index (χ3v) is 15.7. The van der Waals surface area contributed by atoms with Gasteiger partial charge in [-0.1, -0.05) is 30.7 Å². The van der Waals surface area contributed by atoms with Crippen LogP contribution in [0.3, 0.4) is 0 Å². The van der Waals surface area contributed by atoms with Crippen LogP contribution in [0.15, 0.2) is 60.8 Å². The summed E-state index contributed by atoms with van der Waals surface area (Å²) in [4.78, 5) is 45.9. The number of hydrogen-bond acceptors (Lipinski definition) is 15. The van der Waals surface area contributed by atoms with E-state index in [-0.39, 0.29) is 22.8 Å². The Labute approximate surface area is 406 Å². The van der Waals surface area contributed by atoms with Crippen molar-refractivity contribution in [3.05, 3.63) is 76.9 Å². The van der Waals surface area contributed by atoms with Gasteiger partial charge in [0.1, 0.15) is 16.5 Å². The number of anilines is 7. The molecule has 3 aromatic carbocycles. The number of nitrogens with zero attached hydrogens (tertiary/aromatic N) is 8. The second-order valence-electron chi connectivity index (χ2n) is 18.3. The van der Waals surface area contributed by atoms with Crippen molar-refractivity contribution >= 4 is 73.6 Å². The molecule has 366 valence electrons. The molecule has 0 saturated carbocycles. The first-order valence-corrected chi connectivity index (χ1v) is 25.9. The van der Waals surface area contributed by atoms with Gasteiger partial charge in [0.05, 0.1) is 49.7 Å². The van der Waals surface area contributed by atoms with Crippen molar-refractivity contribution in [3.8, 4) is 11.5 Å². The summed E-state index contributed by atoms with van der Waals surface area (Å²) in [6.45, 7) is 12.6. The molecule has 1 unspecified atom stereocenters. The van der Waals surface area contributed by atoms with E-state index < -0.39 is 10.0 Å². The van der Waals surface area contributed by atoms with Gasteiger partial charge in [-0.25, -0.2) is 13.4 Å². The van der Waals surface area contributed by atoms with Gasteiger partial charge < -0.3 is 34.8 Å². The minimum atomic E-state index is -3.58. The molecule has 19 heteroatoms. The Morgan fingerprint density at radius 3 is 2.28 bits per heavy atom. The third-order valence-electron chi connectivity index (χ3n) is 14.3. The molecule has 4 aromatic rings. The van der Waals surface area contributed by atoms with Crippen LogP contribution in [-0.2, 0) is 26.0 Å². The van der Waals surface area contributed by atoms with Crippen molar-refractivity contribution in [1.29, 1.82) is 0 Å². The van der Waals surface area contributed by atoms with E-state index in [2.05, 4.69) is 101 Å². The molecular formula is C49H66ClN11O6S. The maximum absolute atomic E-state index is 12.5. The van der Waals surface area contributed by atoms with Crippen LogP contribution in [0.25, 0.3) is 0 Å². The monoisotopic (exact) mass is 971 g/mol. The lowest BCUT2D eigenvalue weighted by molar-refractivity contribution is -0.134. The SMILES string of the molecule is CCc1cc(Nc2ncc(Cl)c(Nc3ccc(OC)cc3N(C)S(C)(=O)=O)n2)c(OC)cc1N1CCC(N2CCN(CCN(C)[C@@H]3CCN(c4ccc(C5CCC(=O)NC5=O)cc4)C3)CC2)CC1. The van der Waals surface area contributed by atoms with E-state index in [0.29, 0.717) is 59.6 Å². The Hall–Kier alpha value is -5.40. The topological polar surface area (TPSA) is 168 Å². The smallest absolute Gasteiger partial charge is 0.234 e. The number of amides is 2. The van der Waals surface area contributed by atoms with Crippen LogP contribution in [0.2, 0.25) is 5.02 Å². The number of likely N-dealkylation sites (N-methyl/N-ethyl adjacent to an activating group) is 1. The number of imide groups is 1. The summed E-state index contributed by atoms with van der Waals surface area (Å²) in [7, 11) is 3.34. The quantitative estimate of drug-likeness (QED) is 0.107. The number of methoxy groups -OCH3 is 2. The van der Waals surface area contributed by atoms with Gasteiger partial charge in [-0.15, -0.1) is 0 Å². The van der Waals surface area contributed by atoms with Gasteiger partial charge in [-0.3, -0.25) is 29.0 Å². The van der Waals surface area contributed by atoms with Gasteiger partial charge in [0.2, 0.25) is 27.8 Å². The van der Waals surface area contributed by atoms with Crippen LogP contribution in [0.4, 0.5) is 40.2 Å². The van der Waals surface area contributed by atoms with Gasteiger partial charge >= 0.3 is 0 Å². The third kappa shape index (κ3) is 11.4.